The Bertz CT molecular complexity index is 98.2. The van der Waals surface area contributed by atoms with Crippen molar-refractivity contribution in [3.8, 4) is 0 Å². The van der Waals surface area contributed by atoms with Crippen molar-refractivity contribution in [2.45, 2.75) is 6.92 Å². The first-order valence-electron chi connectivity index (χ1n) is 1.93. The second-order valence-corrected chi connectivity index (χ2v) is 3.36. The van der Waals surface area contributed by atoms with E-state index < -0.39 is 7.82 Å². The molecule has 0 fully saturated rings. The lowest BCUT2D eigenvalue weighted by molar-refractivity contribution is 0.298. The van der Waals surface area contributed by atoms with Crippen molar-refractivity contribution >= 4 is 19.9 Å². The standard InChI is InChI=1S/C2H7O4PS/c1-2-8-6-7(3,4)5/h2H2,1H3,(H2,3,4,5). The van der Waals surface area contributed by atoms with Crippen LogP contribution in [0.5, 0.6) is 0 Å². The fourth-order valence-electron chi connectivity index (χ4n) is 0.121. The minimum Gasteiger partial charge on any atom is -0.302 e. The Labute approximate surface area is 51.7 Å². The molecule has 0 saturated carbocycles. The fraction of sp³-hybridized carbons (Fsp3) is 1.00. The van der Waals surface area contributed by atoms with Gasteiger partial charge in [0.2, 0.25) is 0 Å². The Morgan fingerprint density at radius 2 is 2.25 bits per heavy atom. The quantitative estimate of drug-likeness (QED) is 0.469. The fourth-order valence-corrected chi connectivity index (χ4v) is 1.09. The van der Waals surface area contributed by atoms with Gasteiger partial charge < -0.3 is 9.79 Å². The third-order valence-electron chi connectivity index (χ3n) is 0.268. The molecule has 4 nitrogen and oxygen atoms in total. The third-order valence-corrected chi connectivity index (χ3v) is 1.70. The maximum atomic E-state index is 9.84. The lowest BCUT2D eigenvalue weighted by Crippen LogP contribution is -1.77. The Morgan fingerprint density at radius 1 is 1.75 bits per heavy atom. The van der Waals surface area contributed by atoms with Gasteiger partial charge in [0, 0.05) is 17.8 Å². The summed E-state index contributed by atoms with van der Waals surface area (Å²) < 4.78 is 13.8. The predicted octanol–water partition coefficient (Wildman–Crippen LogP) is 0.764. The van der Waals surface area contributed by atoms with E-state index in [4.69, 9.17) is 9.79 Å². The predicted molar refractivity (Wildman–Crippen MR) is 31.3 cm³/mol. The van der Waals surface area contributed by atoms with E-state index in [9.17, 15) is 4.57 Å². The summed E-state index contributed by atoms with van der Waals surface area (Å²) in [6.45, 7) is 1.74. The minimum atomic E-state index is -4.22. The van der Waals surface area contributed by atoms with Gasteiger partial charge in [0.15, 0.2) is 0 Å². The second kappa shape index (κ2) is 3.48. The molecule has 2 N–H and O–H groups in total. The van der Waals surface area contributed by atoms with E-state index in [0.29, 0.717) is 5.75 Å². The lowest BCUT2D eigenvalue weighted by Gasteiger charge is -1.98. The zero-order valence-electron chi connectivity index (χ0n) is 4.27. The molecule has 0 radical (unpaired) electrons. The van der Waals surface area contributed by atoms with Crippen molar-refractivity contribution < 1.29 is 18.3 Å². The molecule has 0 aromatic heterocycles. The normalized spacial score (nSPS) is 11.9. The van der Waals surface area contributed by atoms with E-state index in [1.54, 1.807) is 6.92 Å². The summed E-state index contributed by atoms with van der Waals surface area (Å²) in [6, 6.07) is 0. The van der Waals surface area contributed by atoms with Crippen LogP contribution in [0.3, 0.4) is 0 Å². The summed E-state index contributed by atoms with van der Waals surface area (Å²) >= 11 is 0.752. The summed E-state index contributed by atoms with van der Waals surface area (Å²) in [5.41, 5.74) is 0. The van der Waals surface area contributed by atoms with Crippen LogP contribution in [0.25, 0.3) is 0 Å². The second-order valence-electron chi connectivity index (χ2n) is 0.972. The van der Waals surface area contributed by atoms with Crippen LogP contribution in [-0.4, -0.2) is 15.5 Å². The van der Waals surface area contributed by atoms with Crippen LogP contribution in [0.4, 0.5) is 0 Å². The molecule has 0 aromatic rings. The molecule has 0 aromatic carbocycles. The van der Waals surface area contributed by atoms with Crippen molar-refractivity contribution in [2.75, 3.05) is 5.75 Å². The molecule has 0 unspecified atom stereocenters. The molecule has 0 aliphatic heterocycles. The molecule has 50 valence electrons. The van der Waals surface area contributed by atoms with Crippen LogP contribution in [-0.2, 0) is 8.54 Å². The Morgan fingerprint density at radius 3 is 2.38 bits per heavy atom. The molecule has 0 spiro atoms. The average molecular weight is 158 g/mol. The summed E-state index contributed by atoms with van der Waals surface area (Å²) in [5, 5.41) is 0. The molecule has 0 heterocycles. The summed E-state index contributed by atoms with van der Waals surface area (Å²) in [7, 11) is -4.22. The lowest BCUT2D eigenvalue weighted by atomic mass is 11.0. The van der Waals surface area contributed by atoms with Gasteiger partial charge in [0.25, 0.3) is 0 Å². The Balaban J connectivity index is 3.26. The summed E-state index contributed by atoms with van der Waals surface area (Å²) in [4.78, 5) is 16.0. The van der Waals surface area contributed by atoms with Crippen molar-refractivity contribution in [1.29, 1.82) is 0 Å². The molecular formula is C2H7O4PS. The maximum absolute atomic E-state index is 9.84. The van der Waals surface area contributed by atoms with E-state index in [0.717, 1.165) is 12.0 Å². The zero-order valence-corrected chi connectivity index (χ0v) is 5.98. The van der Waals surface area contributed by atoms with Gasteiger partial charge in [-0.2, -0.15) is 0 Å². The largest absolute Gasteiger partial charge is 0.480 e. The Kier molecular flexibility index (Phi) is 3.68. The van der Waals surface area contributed by atoms with Crippen molar-refractivity contribution in [2.24, 2.45) is 0 Å². The smallest absolute Gasteiger partial charge is 0.302 e. The molecule has 0 saturated heterocycles. The van der Waals surface area contributed by atoms with Crippen LogP contribution in [0, 0.1) is 0 Å². The van der Waals surface area contributed by atoms with Crippen LogP contribution in [0.2, 0.25) is 0 Å². The first kappa shape index (κ1) is 8.46. The van der Waals surface area contributed by atoms with Crippen molar-refractivity contribution in [1.82, 2.24) is 0 Å². The van der Waals surface area contributed by atoms with E-state index in [-0.39, 0.29) is 0 Å². The molecule has 6 heteroatoms. The van der Waals surface area contributed by atoms with Gasteiger partial charge in [-0.1, -0.05) is 6.92 Å². The number of hydrogen-bond donors (Lipinski definition) is 2. The van der Waals surface area contributed by atoms with Gasteiger partial charge in [-0.15, -0.1) is 0 Å². The monoisotopic (exact) mass is 158 g/mol. The number of hydrogen-bond acceptors (Lipinski definition) is 3. The van der Waals surface area contributed by atoms with Crippen LogP contribution in [0.1, 0.15) is 6.92 Å². The third kappa shape index (κ3) is 6.46. The highest BCUT2D eigenvalue weighted by atomic mass is 32.2. The van der Waals surface area contributed by atoms with Gasteiger partial charge >= 0.3 is 7.82 Å². The minimum absolute atomic E-state index is 0.533. The van der Waals surface area contributed by atoms with Gasteiger partial charge in [0.05, 0.1) is 0 Å². The van der Waals surface area contributed by atoms with Gasteiger partial charge in [-0.05, 0) is 0 Å². The molecule has 0 amide bonds. The van der Waals surface area contributed by atoms with Gasteiger partial charge in [-0.3, -0.25) is 0 Å². The highest BCUT2D eigenvalue weighted by molar-refractivity contribution is 7.97. The first-order valence-corrected chi connectivity index (χ1v) is 4.37. The van der Waals surface area contributed by atoms with Crippen molar-refractivity contribution in [3.63, 3.8) is 0 Å². The van der Waals surface area contributed by atoms with Crippen LogP contribution in [0.15, 0.2) is 0 Å². The van der Waals surface area contributed by atoms with Gasteiger partial charge in [0.1, 0.15) is 0 Å². The number of phosphoric acid groups is 1. The SMILES string of the molecule is CCSOP(=O)(O)O. The average Bonchev–Trinajstić information content (AvgIpc) is 1.59. The van der Waals surface area contributed by atoms with E-state index in [1.807, 2.05) is 0 Å². The number of rotatable bonds is 3. The topological polar surface area (TPSA) is 66.8 Å². The molecule has 0 aliphatic rings. The molecule has 0 rings (SSSR count). The van der Waals surface area contributed by atoms with Crippen LogP contribution < -0.4 is 0 Å². The molecule has 0 atom stereocenters. The molecule has 0 aliphatic carbocycles. The summed E-state index contributed by atoms with van der Waals surface area (Å²) in [5.74, 6) is 0.533. The molecular weight excluding hydrogens is 151 g/mol. The van der Waals surface area contributed by atoms with Crippen molar-refractivity contribution in [3.05, 3.63) is 0 Å². The molecule has 0 bridgehead atoms. The van der Waals surface area contributed by atoms with E-state index in [2.05, 4.69) is 3.97 Å². The first-order chi connectivity index (χ1) is 3.56. The Hall–Kier alpha value is 0.460. The zero-order chi connectivity index (χ0) is 6.62. The maximum Gasteiger partial charge on any atom is 0.480 e. The van der Waals surface area contributed by atoms with Crippen LogP contribution >= 0.6 is 19.9 Å². The molecule has 8 heavy (non-hydrogen) atoms. The van der Waals surface area contributed by atoms with E-state index in [1.165, 1.54) is 0 Å². The van der Waals surface area contributed by atoms with E-state index >= 15 is 0 Å². The van der Waals surface area contributed by atoms with Gasteiger partial charge in [-0.25, -0.2) is 8.54 Å². The highest BCUT2D eigenvalue weighted by Gasteiger charge is 2.12. The highest BCUT2D eigenvalue weighted by Crippen LogP contribution is 2.40. The summed E-state index contributed by atoms with van der Waals surface area (Å²) in [6.07, 6.45) is 0.